The molecule has 0 aromatic carbocycles. The molecule has 0 radical (unpaired) electrons. The van der Waals surface area contributed by atoms with Crippen LogP contribution in [0.15, 0.2) is 18.3 Å². The third-order valence-corrected chi connectivity index (χ3v) is 4.86. The van der Waals surface area contributed by atoms with Crippen LogP contribution in [-0.2, 0) is 0 Å². The van der Waals surface area contributed by atoms with E-state index < -0.39 is 11.7 Å². The second-order valence-electron chi connectivity index (χ2n) is 5.46. The molecule has 0 unspecified atom stereocenters. The van der Waals surface area contributed by atoms with Crippen molar-refractivity contribution in [3.8, 4) is 11.4 Å². The van der Waals surface area contributed by atoms with E-state index in [4.69, 9.17) is 11.5 Å². The molecule has 0 aliphatic heterocycles. The SMILES string of the molecule is NC(=O)c1sc2nc(C3CC3)nc(-c3ccc(F)cn3)c2c1N. The Balaban J connectivity index is 2.03. The third kappa shape index (κ3) is 2.31. The lowest BCUT2D eigenvalue weighted by molar-refractivity contribution is 0.100. The third-order valence-electron chi connectivity index (χ3n) is 3.74. The Labute approximate surface area is 134 Å². The zero-order chi connectivity index (χ0) is 16.1. The van der Waals surface area contributed by atoms with Crippen molar-refractivity contribution < 1.29 is 9.18 Å². The molecule has 3 aromatic heterocycles. The first-order valence-electron chi connectivity index (χ1n) is 7.06. The van der Waals surface area contributed by atoms with Crippen LogP contribution in [0.1, 0.15) is 34.3 Å². The van der Waals surface area contributed by atoms with Gasteiger partial charge in [-0.15, -0.1) is 11.3 Å². The van der Waals surface area contributed by atoms with Crippen molar-refractivity contribution in [3.05, 3.63) is 34.8 Å². The molecule has 4 rings (SSSR count). The molecule has 4 N–H and O–H groups in total. The van der Waals surface area contributed by atoms with Crippen LogP contribution in [0.2, 0.25) is 0 Å². The number of fused-ring (bicyclic) bond motifs is 1. The van der Waals surface area contributed by atoms with Crippen LogP contribution in [0, 0.1) is 5.82 Å². The van der Waals surface area contributed by atoms with E-state index in [9.17, 15) is 9.18 Å². The van der Waals surface area contributed by atoms with E-state index >= 15 is 0 Å². The summed E-state index contributed by atoms with van der Waals surface area (Å²) < 4.78 is 13.1. The first-order chi connectivity index (χ1) is 11.0. The number of halogens is 1. The number of hydrogen-bond acceptors (Lipinski definition) is 6. The zero-order valence-corrected chi connectivity index (χ0v) is 12.7. The van der Waals surface area contributed by atoms with Crippen LogP contribution in [0.25, 0.3) is 21.6 Å². The van der Waals surface area contributed by atoms with Gasteiger partial charge in [-0.2, -0.15) is 0 Å². The van der Waals surface area contributed by atoms with Crippen molar-refractivity contribution >= 4 is 33.1 Å². The minimum Gasteiger partial charge on any atom is -0.397 e. The van der Waals surface area contributed by atoms with Crippen LogP contribution in [-0.4, -0.2) is 20.9 Å². The number of thiophene rings is 1. The van der Waals surface area contributed by atoms with Crippen molar-refractivity contribution in [2.24, 2.45) is 5.73 Å². The van der Waals surface area contributed by atoms with Gasteiger partial charge in [0.15, 0.2) is 0 Å². The number of rotatable bonds is 3. The number of pyridine rings is 1. The van der Waals surface area contributed by atoms with Crippen LogP contribution < -0.4 is 11.5 Å². The van der Waals surface area contributed by atoms with Crippen LogP contribution in [0.4, 0.5) is 10.1 Å². The Morgan fingerprint density at radius 1 is 1.30 bits per heavy atom. The van der Waals surface area contributed by atoms with Gasteiger partial charge < -0.3 is 11.5 Å². The summed E-state index contributed by atoms with van der Waals surface area (Å²) in [4.78, 5) is 25.6. The lowest BCUT2D eigenvalue weighted by Crippen LogP contribution is -2.10. The molecular formula is C15H12FN5OS. The molecule has 1 fully saturated rings. The standard InChI is InChI=1S/C15H12FN5OS/c16-7-3-4-8(19-5-7)11-9-10(17)12(13(18)22)23-15(9)21-14(20-11)6-1-2-6/h3-6H,1-2,17H2,(H2,18,22). The highest BCUT2D eigenvalue weighted by Crippen LogP contribution is 2.43. The van der Waals surface area contributed by atoms with Gasteiger partial charge in [-0.3, -0.25) is 9.78 Å². The number of amides is 1. The number of carbonyl (C=O) groups is 1. The molecule has 6 nitrogen and oxygen atoms in total. The Hall–Kier alpha value is -2.61. The number of nitrogens with two attached hydrogens (primary N) is 2. The summed E-state index contributed by atoms with van der Waals surface area (Å²) in [5.74, 6) is -0.0103. The quantitative estimate of drug-likeness (QED) is 0.767. The fourth-order valence-corrected chi connectivity index (χ4v) is 3.40. The van der Waals surface area contributed by atoms with E-state index in [-0.39, 0.29) is 10.6 Å². The van der Waals surface area contributed by atoms with E-state index in [0.29, 0.717) is 33.3 Å². The average Bonchev–Trinajstić information content (AvgIpc) is 3.32. The van der Waals surface area contributed by atoms with Crippen LogP contribution >= 0.6 is 11.3 Å². The summed E-state index contributed by atoms with van der Waals surface area (Å²) in [6.07, 6.45) is 3.19. The minimum absolute atomic E-state index is 0.251. The molecule has 3 aromatic rings. The molecule has 1 aliphatic rings. The molecule has 1 aliphatic carbocycles. The molecule has 0 spiro atoms. The van der Waals surface area contributed by atoms with Crippen LogP contribution in [0.5, 0.6) is 0 Å². The Kier molecular flexibility index (Phi) is 3.02. The number of nitrogens with zero attached hydrogens (tertiary/aromatic N) is 3. The van der Waals surface area contributed by atoms with E-state index in [1.54, 1.807) is 0 Å². The number of anilines is 1. The van der Waals surface area contributed by atoms with Gasteiger partial charge in [0.1, 0.15) is 27.0 Å². The fraction of sp³-hybridized carbons (Fsp3) is 0.200. The molecule has 8 heteroatoms. The minimum atomic E-state index is -0.600. The second-order valence-corrected chi connectivity index (χ2v) is 6.45. The maximum absolute atomic E-state index is 13.1. The molecule has 1 saturated carbocycles. The monoisotopic (exact) mass is 329 g/mol. The highest BCUT2D eigenvalue weighted by atomic mass is 32.1. The topological polar surface area (TPSA) is 108 Å². The maximum Gasteiger partial charge on any atom is 0.260 e. The van der Waals surface area contributed by atoms with Crippen LogP contribution in [0.3, 0.4) is 0 Å². The molecule has 0 saturated heterocycles. The van der Waals surface area contributed by atoms with Gasteiger partial charge in [-0.1, -0.05) is 0 Å². The van der Waals surface area contributed by atoms with Gasteiger partial charge in [0.05, 0.1) is 23.0 Å². The molecule has 1 amide bonds. The van der Waals surface area contributed by atoms with Gasteiger partial charge in [-0.05, 0) is 25.0 Å². The summed E-state index contributed by atoms with van der Waals surface area (Å²) in [7, 11) is 0. The molecule has 116 valence electrons. The lowest BCUT2D eigenvalue weighted by atomic mass is 10.1. The summed E-state index contributed by atoms with van der Waals surface area (Å²) in [6, 6.07) is 2.85. The summed E-state index contributed by atoms with van der Waals surface area (Å²) in [6.45, 7) is 0. The molecular weight excluding hydrogens is 317 g/mol. The smallest absolute Gasteiger partial charge is 0.260 e. The van der Waals surface area contributed by atoms with E-state index in [0.717, 1.165) is 30.4 Å². The molecule has 0 bridgehead atoms. The molecule has 0 atom stereocenters. The van der Waals surface area contributed by atoms with E-state index in [1.165, 1.54) is 12.1 Å². The predicted octanol–water partition coefficient (Wildman–Crippen LogP) is 2.45. The average molecular weight is 329 g/mol. The number of hydrogen-bond donors (Lipinski definition) is 2. The predicted molar refractivity (Wildman–Crippen MR) is 85.5 cm³/mol. The second kappa shape index (κ2) is 4.95. The van der Waals surface area contributed by atoms with E-state index in [1.807, 2.05) is 0 Å². The van der Waals surface area contributed by atoms with E-state index in [2.05, 4.69) is 15.0 Å². The number of carbonyl (C=O) groups excluding carboxylic acids is 1. The van der Waals surface area contributed by atoms with Crippen molar-refractivity contribution in [2.75, 3.05) is 5.73 Å². The largest absolute Gasteiger partial charge is 0.397 e. The van der Waals surface area contributed by atoms with Crippen molar-refractivity contribution in [1.82, 2.24) is 15.0 Å². The maximum atomic E-state index is 13.1. The van der Waals surface area contributed by atoms with Gasteiger partial charge in [0, 0.05) is 5.92 Å². The molecule has 23 heavy (non-hydrogen) atoms. The Morgan fingerprint density at radius 2 is 2.09 bits per heavy atom. The normalized spacial score (nSPS) is 14.3. The lowest BCUT2D eigenvalue weighted by Gasteiger charge is -2.06. The fourth-order valence-electron chi connectivity index (χ4n) is 2.45. The van der Waals surface area contributed by atoms with Gasteiger partial charge >= 0.3 is 0 Å². The summed E-state index contributed by atoms with van der Waals surface area (Å²) >= 11 is 1.15. The highest BCUT2D eigenvalue weighted by Gasteiger charge is 2.29. The summed E-state index contributed by atoms with van der Waals surface area (Å²) in [5, 5.41) is 0.548. The number of nitrogen functional groups attached to an aromatic ring is 1. The summed E-state index contributed by atoms with van der Waals surface area (Å²) in [5.41, 5.74) is 12.7. The van der Waals surface area contributed by atoms with Crippen molar-refractivity contribution in [2.45, 2.75) is 18.8 Å². The van der Waals surface area contributed by atoms with Gasteiger partial charge in [0.25, 0.3) is 5.91 Å². The zero-order valence-electron chi connectivity index (χ0n) is 11.9. The first-order valence-corrected chi connectivity index (χ1v) is 7.88. The Morgan fingerprint density at radius 3 is 2.70 bits per heavy atom. The Bertz CT molecular complexity index is 933. The number of primary amides is 1. The van der Waals surface area contributed by atoms with Crippen molar-refractivity contribution in [3.63, 3.8) is 0 Å². The first kappa shape index (κ1) is 14.0. The van der Waals surface area contributed by atoms with Crippen molar-refractivity contribution in [1.29, 1.82) is 0 Å². The number of aromatic nitrogens is 3. The van der Waals surface area contributed by atoms with Gasteiger partial charge in [-0.25, -0.2) is 14.4 Å². The highest BCUT2D eigenvalue weighted by molar-refractivity contribution is 7.21. The molecule has 3 heterocycles. The van der Waals surface area contributed by atoms with Gasteiger partial charge in [0.2, 0.25) is 0 Å².